The van der Waals surface area contributed by atoms with E-state index in [1.807, 2.05) is 6.92 Å². The Balaban J connectivity index is 1.48. The monoisotopic (exact) mass is 408 g/mol. The molecule has 1 N–H and O–H groups in total. The number of likely N-dealkylation sites (N-methyl/N-ethyl adjacent to an activating group) is 1. The maximum atomic E-state index is 12.7. The van der Waals surface area contributed by atoms with Crippen molar-refractivity contribution in [3.05, 3.63) is 29.8 Å². The van der Waals surface area contributed by atoms with Crippen molar-refractivity contribution in [2.45, 2.75) is 30.7 Å². The zero-order chi connectivity index (χ0) is 20.3. The molecule has 0 atom stereocenters. The number of sulfonamides is 1. The normalized spacial score (nSPS) is 18.3. The summed E-state index contributed by atoms with van der Waals surface area (Å²) in [6, 6.07) is 7.09. The summed E-state index contributed by atoms with van der Waals surface area (Å²) in [5.74, 6) is -0.152. The summed E-state index contributed by atoms with van der Waals surface area (Å²) in [5, 5.41) is 2.90. The summed E-state index contributed by atoms with van der Waals surface area (Å²) in [5.41, 5.74) is 1.00. The highest BCUT2D eigenvalue weighted by Crippen LogP contribution is 2.19. The first-order chi connectivity index (χ1) is 13.3. The number of piperazine rings is 1. The number of nitrogens with one attached hydrogen (secondary N) is 1. The molecule has 2 aliphatic rings. The van der Waals surface area contributed by atoms with Crippen LogP contribution in [0.5, 0.6) is 0 Å². The zero-order valence-corrected chi connectivity index (χ0v) is 17.2. The van der Waals surface area contributed by atoms with Crippen LogP contribution in [0.15, 0.2) is 29.2 Å². The molecule has 9 heteroatoms. The number of hydrogen-bond donors (Lipinski definition) is 1. The van der Waals surface area contributed by atoms with Gasteiger partial charge in [0.2, 0.25) is 21.8 Å². The largest absolute Gasteiger partial charge is 0.352 e. The molecular weight excluding hydrogens is 380 g/mol. The molecule has 0 bridgehead atoms. The van der Waals surface area contributed by atoms with Crippen molar-refractivity contribution in [1.29, 1.82) is 0 Å². The summed E-state index contributed by atoms with van der Waals surface area (Å²) in [6.07, 6.45) is 2.06. The Labute approximate surface area is 166 Å². The van der Waals surface area contributed by atoms with Crippen LogP contribution < -0.4 is 5.32 Å². The topological polar surface area (TPSA) is 90.0 Å². The molecule has 1 aromatic carbocycles. The third-order valence-electron chi connectivity index (χ3n) is 5.01. The lowest BCUT2D eigenvalue weighted by Crippen LogP contribution is -2.52. The lowest BCUT2D eigenvalue weighted by atomic mass is 10.2. The molecule has 1 aliphatic heterocycles. The van der Waals surface area contributed by atoms with Gasteiger partial charge in [-0.15, -0.1) is 0 Å². The number of amides is 2. The highest BCUT2D eigenvalue weighted by molar-refractivity contribution is 7.89. The molecule has 1 saturated heterocycles. The van der Waals surface area contributed by atoms with Crippen LogP contribution in [0.2, 0.25) is 0 Å². The van der Waals surface area contributed by atoms with Gasteiger partial charge in [0.1, 0.15) is 0 Å². The van der Waals surface area contributed by atoms with Gasteiger partial charge in [0.25, 0.3) is 0 Å². The molecule has 1 aliphatic carbocycles. The first-order valence-electron chi connectivity index (χ1n) is 9.58. The van der Waals surface area contributed by atoms with Crippen LogP contribution in [0.25, 0.3) is 0 Å². The van der Waals surface area contributed by atoms with E-state index in [0.29, 0.717) is 19.1 Å². The van der Waals surface area contributed by atoms with Crippen molar-refractivity contribution in [3.8, 4) is 0 Å². The molecule has 28 heavy (non-hydrogen) atoms. The number of carbonyl (C=O) groups excluding carboxylic acids is 2. The van der Waals surface area contributed by atoms with Crippen molar-refractivity contribution in [2.75, 3.05) is 46.3 Å². The van der Waals surface area contributed by atoms with Gasteiger partial charge in [-0.25, -0.2) is 8.42 Å². The van der Waals surface area contributed by atoms with E-state index in [1.54, 1.807) is 41.1 Å². The summed E-state index contributed by atoms with van der Waals surface area (Å²) in [7, 11) is -1.80. The summed E-state index contributed by atoms with van der Waals surface area (Å²) >= 11 is 0. The van der Waals surface area contributed by atoms with Crippen LogP contribution in [-0.2, 0) is 19.6 Å². The maximum Gasteiger partial charge on any atom is 0.243 e. The molecule has 0 radical (unpaired) electrons. The van der Waals surface area contributed by atoms with Crippen molar-refractivity contribution in [3.63, 3.8) is 0 Å². The van der Waals surface area contributed by atoms with Gasteiger partial charge >= 0.3 is 0 Å². The van der Waals surface area contributed by atoms with E-state index in [9.17, 15) is 18.0 Å². The quantitative estimate of drug-likeness (QED) is 0.688. The number of aryl methyl sites for hydroxylation is 1. The molecule has 1 aromatic rings. The minimum absolute atomic E-state index is 0.0631. The molecule has 3 rings (SSSR count). The molecule has 1 heterocycles. The maximum absolute atomic E-state index is 12.7. The van der Waals surface area contributed by atoms with Gasteiger partial charge in [0.15, 0.2) is 0 Å². The molecule has 2 amide bonds. The predicted octanol–water partition coefficient (Wildman–Crippen LogP) is 0.0383. The molecule has 154 valence electrons. The first-order valence-corrected chi connectivity index (χ1v) is 11.0. The second-order valence-corrected chi connectivity index (χ2v) is 9.55. The minimum atomic E-state index is -3.54. The fourth-order valence-electron chi connectivity index (χ4n) is 3.17. The second kappa shape index (κ2) is 8.59. The van der Waals surface area contributed by atoms with Crippen LogP contribution in [0.1, 0.15) is 18.4 Å². The lowest BCUT2D eigenvalue weighted by molar-refractivity contribution is -0.133. The minimum Gasteiger partial charge on any atom is -0.352 e. The first kappa shape index (κ1) is 20.8. The van der Waals surface area contributed by atoms with Crippen molar-refractivity contribution in [1.82, 2.24) is 19.4 Å². The Morgan fingerprint density at radius 1 is 1.07 bits per heavy atom. The van der Waals surface area contributed by atoms with Gasteiger partial charge in [-0.2, -0.15) is 4.31 Å². The van der Waals surface area contributed by atoms with Gasteiger partial charge < -0.3 is 10.2 Å². The Bertz CT molecular complexity index is 813. The lowest BCUT2D eigenvalue weighted by Gasteiger charge is -2.34. The SMILES string of the molecule is Cc1ccc(S(=O)(=O)N2CCN(C(=O)CN(C)CC(=O)NC3CC3)CC2)cc1. The highest BCUT2D eigenvalue weighted by atomic mass is 32.2. The summed E-state index contributed by atoms with van der Waals surface area (Å²) < 4.78 is 26.9. The van der Waals surface area contributed by atoms with E-state index in [4.69, 9.17) is 0 Å². The van der Waals surface area contributed by atoms with E-state index in [-0.39, 0.29) is 42.9 Å². The van der Waals surface area contributed by atoms with Crippen LogP contribution >= 0.6 is 0 Å². The van der Waals surface area contributed by atoms with E-state index >= 15 is 0 Å². The average Bonchev–Trinajstić information content (AvgIpc) is 3.45. The van der Waals surface area contributed by atoms with E-state index in [1.165, 1.54) is 4.31 Å². The molecule has 0 spiro atoms. The molecule has 0 unspecified atom stereocenters. The van der Waals surface area contributed by atoms with Crippen molar-refractivity contribution < 1.29 is 18.0 Å². The van der Waals surface area contributed by atoms with Gasteiger partial charge in [-0.3, -0.25) is 14.5 Å². The van der Waals surface area contributed by atoms with Crippen LogP contribution in [0.4, 0.5) is 0 Å². The third kappa shape index (κ3) is 5.30. The molecule has 8 nitrogen and oxygen atoms in total. The second-order valence-electron chi connectivity index (χ2n) is 7.61. The smallest absolute Gasteiger partial charge is 0.243 e. The highest BCUT2D eigenvalue weighted by Gasteiger charge is 2.30. The summed E-state index contributed by atoms with van der Waals surface area (Å²) in [6.45, 7) is 3.49. The Morgan fingerprint density at radius 2 is 1.68 bits per heavy atom. The molecule has 1 saturated carbocycles. The fourth-order valence-corrected chi connectivity index (χ4v) is 4.59. The molecule has 2 fully saturated rings. The average molecular weight is 409 g/mol. The van der Waals surface area contributed by atoms with Gasteiger partial charge in [-0.05, 0) is 38.9 Å². The number of hydrogen-bond acceptors (Lipinski definition) is 5. The number of benzene rings is 1. The third-order valence-corrected chi connectivity index (χ3v) is 6.92. The van der Waals surface area contributed by atoms with Crippen molar-refractivity contribution >= 4 is 21.8 Å². The predicted molar refractivity (Wildman–Crippen MR) is 105 cm³/mol. The Hall–Kier alpha value is -1.97. The van der Waals surface area contributed by atoms with Crippen LogP contribution in [0, 0.1) is 6.92 Å². The number of carbonyl (C=O) groups is 2. The number of rotatable bonds is 7. The fraction of sp³-hybridized carbons (Fsp3) is 0.579. The van der Waals surface area contributed by atoms with Gasteiger partial charge in [-0.1, -0.05) is 17.7 Å². The van der Waals surface area contributed by atoms with Gasteiger partial charge in [0, 0.05) is 32.2 Å². The standard InChI is InChI=1S/C19H28N4O4S/c1-15-3-7-17(8-4-15)28(26,27)23-11-9-22(10-12-23)19(25)14-21(2)13-18(24)20-16-5-6-16/h3-4,7-8,16H,5-6,9-14H2,1-2H3,(H,20,24). The Morgan fingerprint density at radius 3 is 2.25 bits per heavy atom. The number of nitrogens with zero attached hydrogens (tertiary/aromatic N) is 3. The molecule has 0 aromatic heterocycles. The van der Waals surface area contributed by atoms with E-state index in [2.05, 4.69) is 5.32 Å². The zero-order valence-electron chi connectivity index (χ0n) is 16.4. The van der Waals surface area contributed by atoms with Crippen molar-refractivity contribution in [2.24, 2.45) is 0 Å². The van der Waals surface area contributed by atoms with Gasteiger partial charge in [0.05, 0.1) is 18.0 Å². The van der Waals surface area contributed by atoms with Crippen LogP contribution in [-0.4, -0.2) is 86.7 Å². The van der Waals surface area contributed by atoms with E-state index < -0.39 is 10.0 Å². The molecular formula is C19H28N4O4S. The van der Waals surface area contributed by atoms with Crippen LogP contribution in [0.3, 0.4) is 0 Å². The summed E-state index contributed by atoms with van der Waals surface area (Å²) in [4.78, 5) is 27.9. The van der Waals surface area contributed by atoms with E-state index in [0.717, 1.165) is 18.4 Å². The Kier molecular flexibility index (Phi) is 6.36.